The quantitative estimate of drug-likeness (QED) is 0.294. The zero-order chi connectivity index (χ0) is 26.0. The van der Waals surface area contributed by atoms with E-state index in [1.165, 1.54) is 6.07 Å². The minimum atomic E-state index is -1.34. The van der Waals surface area contributed by atoms with E-state index >= 15 is 0 Å². The van der Waals surface area contributed by atoms with E-state index in [0.717, 1.165) is 29.3 Å². The number of amides is 1. The fourth-order valence-electron chi connectivity index (χ4n) is 5.15. The highest BCUT2D eigenvalue weighted by Gasteiger charge is 2.36. The van der Waals surface area contributed by atoms with Crippen molar-refractivity contribution in [1.82, 2.24) is 20.5 Å². The van der Waals surface area contributed by atoms with Gasteiger partial charge in [-0.15, -0.1) is 0 Å². The summed E-state index contributed by atoms with van der Waals surface area (Å²) >= 11 is 0. The van der Waals surface area contributed by atoms with Gasteiger partial charge in [0, 0.05) is 28.8 Å². The van der Waals surface area contributed by atoms with Gasteiger partial charge in [-0.2, -0.15) is 5.10 Å². The molecule has 1 saturated carbocycles. The Bertz CT molecular complexity index is 1420. The van der Waals surface area contributed by atoms with Crippen LogP contribution in [0.1, 0.15) is 55.5 Å². The van der Waals surface area contributed by atoms with Gasteiger partial charge in [-0.25, -0.2) is 9.37 Å². The fraction of sp³-hybridized carbons (Fsp3) is 0.345. The Labute approximate surface area is 215 Å². The third kappa shape index (κ3) is 5.64. The molecule has 2 aromatic carbocycles. The molecule has 1 aliphatic rings. The lowest BCUT2D eigenvalue weighted by Gasteiger charge is -2.37. The molecule has 0 bridgehead atoms. The first-order chi connectivity index (χ1) is 17.8. The van der Waals surface area contributed by atoms with Crippen LogP contribution in [0.3, 0.4) is 0 Å². The van der Waals surface area contributed by atoms with Gasteiger partial charge in [0.05, 0.1) is 11.6 Å². The number of benzene rings is 2. The summed E-state index contributed by atoms with van der Waals surface area (Å²) < 4.78 is 19.9. The Kier molecular flexibility index (Phi) is 6.93. The molecule has 2 heterocycles. The average molecular weight is 503 g/mol. The monoisotopic (exact) mass is 502 g/mol. The highest BCUT2D eigenvalue weighted by atomic mass is 19.1. The van der Waals surface area contributed by atoms with Gasteiger partial charge < -0.3 is 15.2 Å². The minimum Gasteiger partial charge on any atom is -0.475 e. The second-order valence-electron chi connectivity index (χ2n) is 10.1. The molecule has 0 radical (unpaired) electrons. The average Bonchev–Trinajstić information content (AvgIpc) is 3.28. The SMILES string of the molecule is CC(C)Oc1cc(-c2n[nH]c3ccc(C(=O)NC4(O)CCCC(Cc5ccccc5F)C4)cc23)ccn1. The number of aromatic amines is 1. The van der Waals surface area contributed by atoms with E-state index in [1.54, 1.807) is 36.5 Å². The number of fused-ring (bicyclic) bond motifs is 1. The van der Waals surface area contributed by atoms with Crippen molar-refractivity contribution in [2.75, 3.05) is 0 Å². The fourth-order valence-corrected chi connectivity index (χ4v) is 5.15. The number of nitrogens with zero attached hydrogens (tertiary/aromatic N) is 2. The van der Waals surface area contributed by atoms with E-state index in [9.17, 15) is 14.3 Å². The van der Waals surface area contributed by atoms with Crippen molar-refractivity contribution in [3.63, 3.8) is 0 Å². The normalized spacial score (nSPS) is 19.8. The number of halogens is 1. The molecule has 1 amide bonds. The summed E-state index contributed by atoms with van der Waals surface area (Å²) in [7, 11) is 0. The maximum absolute atomic E-state index is 14.2. The highest BCUT2D eigenvalue weighted by Crippen LogP contribution is 2.34. The summed E-state index contributed by atoms with van der Waals surface area (Å²) in [6.07, 6.45) is 4.66. The standard InChI is InChI=1S/C29H31FN4O3/c1-18(2)37-26-16-21(11-13-31-26)27-23-15-22(9-10-25(23)33-34-27)28(35)32-29(36)12-5-6-19(17-29)14-20-7-3-4-8-24(20)30/h3-4,7-11,13,15-16,18-19,36H,5-6,12,14,17H2,1-2H3,(H,32,35)(H,33,34). The van der Waals surface area contributed by atoms with Gasteiger partial charge in [0.1, 0.15) is 17.2 Å². The van der Waals surface area contributed by atoms with Crippen molar-refractivity contribution in [2.45, 2.75) is 57.8 Å². The summed E-state index contributed by atoms with van der Waals surface area (Å²) in [6.45, 7) is 3.87. The number of ether oxygens (including phenoxy) is 1. The van der Waals surface area contributed by atoms with Crippen LogP contribution in [0.2, 0.25) is 0 Å². The Morgan fingerprint density at radius 1 is 1.24 bits per heavy atom. The van der Waals surface area contributed by atoms with Crippen LogP contribution in [0.25, 0.3) is 22.2 Å². The van der Waals surface area contributed by atoms with Gasteiger partial charge in [-0.3, -0.25) is 9.89 Å². The summed E-state index contributed by atoms with van der Waals surface area (Å²) in [5.41, 5.74) is 2.01. The number of rotatable bonds is 7. The van der Waals surface area contributed by atoms with Crippen molar-refractivity contribution >= 4 is 16.8 Å². The Balaban J connectivity index is 1.34. The van der Waals surface area contributed by atoms with E-state index in [-0.39, 0.29) is 23.7 Å². The van der Waals surface area contributed by atoms with Crippen LogP contribution < -0.4 is 10.1 Å². The number of aliphatic hydroxyl groups is 1. The van der Waals surface area contributed by atoms with Crippen LogP contribution in [0, 0.1) is 11.7 Å². The van der Waals surface area contributed by atoms with Crippen molar-refractivity contribution in [3.8, 4) is 17.1 Å². The van der Waals surface area contributed by atoms with Gasteiger partial charge >= 0.3 is 0 Å². The lowest BCUT2D eigenvalue weighted by molar-refractivity contribution is -0.0388. The Hall–Kier alpha value is -3.78. The first kappa shape index (κ1) is 24.9. The molecule has 4 aromatic rings. The van der Waals surface area contributed by atoms with Gasteiger partial charge in [-0.1, -0.05) is 18.2 Å². The molecule has 1 fully saturated rings. The molecular weight excluding hydrogens is 471 g/mol. The van der Waals surface area contributed by atoms with Gasteiger partial charge in [0.15, 0.2) is 0 Å². The van der Waals surface area contributed by atoms with E-state index in [0.29, 0.717) is 42.0 Å². The summed E-state index contributed by atoms with van der Waals surface area (Å²) in [4.78, 5) is 17.5. The smallest absolute Gasteiger partial charge is 0.253 e. The Morgan fingerprint density at radius 3 is 2.89 bits per heavy atom. The van der Waals surface area contributed by atoms with Crippen LogP contribution in [0.4, 0.5) is 4.39 Å². The first-order valence-corrected chi connectivity index (χ1v) is 12.7. The van der Waals surface area contributed by atoms with Crippen LogP contribution in [-0.2, 0) is 6.42 Å². The molecule has 0 aliphatic heterocycles. The number of hydrogen-bond donors (Lipinski definition) is 3. The van der Waals surface area contributed by atoms with Crippen molar-refractivity contribution in [2.24, 2.45) is 5.92 Å². The first-order valence-electron chi connectivity index (χ1n) is 12.7. The van der Waals surface area contributed by atoms with E-state index in [1.807, 2.05) is 32.0 Å². The molecule has 2 unspecified atom stereocenters. The van der Waals surface area contributed by atoms with Crippen LogP contribution in [-0.4, -0.2) is 38.0 Å². The predicted molar refractivity (Wildman–Crippen MR) is 140 cm³/mol. The predicted octanol–water partition coefficient (Wildman–Crippen LogP) is 5.40. The molecule has 0 saturated heterocycles. The number of hydrogen-bond acceptors (Lipinski definition) is 5. The molecule has 192 valence electrons. The highest BCUT2D eigenvalue weighted by molar-refractivity contribution is 6.01. The van der Waals surface area contributed by atoms with Crippen molar-refractivity contribution in [3.05, 3.63) is 77.7 Å². The molecule has 8 heteroatoms. The third-order valence-electron chi connectivity index (χ3n) is 6.83. The van der Waals surface area contributed by atoms with E-state index < -0.39 is 5.72 Å². The zero-order valence-corrected chi connectivity index (χ0v) is 21.0. The molecule has 37 heavy (non-hydrogen) atoms. The van der Waals surface area contributed by atoms with Gasteiger partial charge in [-0.05, 0) is 87.8 Å². The number of nitrogens with one attached hydrogen (secondary N) is 2. The summed E-state index contributed by atoms with van der Waals surface area (Å²) in [6, 6.07) is 15.7. The second-order valence-corrected chi connectivity index (χ2v) is 10.1. The zero-order valence-electron chi connectivity index (χ0n) is 21.0. The molecule has 2 atom stereocenters. The molecular formula is C29H31FN4O3. The molecule has 2 aromatic heterocycles. The second kappa shape index (κ2) is 10.3. The number of carbonyl (C=O) groups excluding carboxylic acids is 1. The molecule has 0 spiro atoms. The molecule has 3 N–H and O–H groups in total. The number of pyridine rings is 1. The largest absolute Gasteiger partial charge is 0.475 e. The minimum absolute atomic E-state index is 0.00844. The molecule has 7 nitrogen and oxygen atoms in total. The van der Waals surface area contributed by atoms with E-state index in [2.05, 4.69) is 20.5 Å². The molecule has 5 rings (SSSR count). The maximum Gasteiger partial charge on any atom is 0.253 e. The van der Waals surface area contributed by atoms with E-state index in [4.69, 9.17) is 4.74 Å². The number of H-pyrrole nitrogens is 1. The number of carbonyl (C=O) groups is 1. The van der Waals surface area contributed by atoms with Crippen molar-refractivity contribution < 1.29 is 19.0 Å². The van der Waals surface area contributed by atoms with Crippen LogP contribution in [0.15, 0.2) is 60.8 Å². The van der Waals surface area contributed by atoms with Gasteiger partial charge in [0.2, 0.25) is 5.88 Å². The lowest BCUT2D eigenvalue weighted by Crippen LogP contribution is -2.51. The lowest BCUT2D eigenvalue weighted by atomic mass is 9.79. The molecule has 1 aliphatic carbocycles. The summed E-state index contributed by atoms with van der Waals surface area (Å²) in [5.74, 6) is -0.0153. The van der Waals surface area contributed by atoms with Crippen LogP contribution >= 0.6 is 0 Å². The third-order valence-corrected chi connectivity index (χ3v) is 6.83. The topological polar surface area (TPSA) is 100 Å². The van der Waals surface area contributed by atoms with Crippen molar-refractivity contribution in [1.29, 1.82) is 0 Å². The maximum atomic E-state index is 14.2. The summed E-state index contributed by atoms with van der Waals surface area (Å²) in [5, 5.41) is 22.4. The number of aromatic nitrogens is 3. The van der Waals surface area contributed by atoms with Gasteiger partial charge in [0.25, 0.3) is 5.91 Å². The Morgan fingerprint density at radius 2 is 2.08 bits per heavy atom. The van der Waals surface area contributed by atoms with Crippen LogP contribution in [0.5, 0.6) is 5.88 Å².